The third kappa shape index (κ3) is 7.54. The Kier molecular flexibility index (Phi) is 10.7. The first-order valence-corrected chi connectivity index (χ1v) is 22.3. The van der Waals surface area contributed by atoms with Crippen LogP contribution in [0.2, 0.25) is 0 Å². The maximum atomic E-state index is 2.47. The van der Waals surface area contributed by atoms with Crippen LogP contribution in [0.15, 0.2) is 202 Å². The Labute approximate surface area is 359 Å². The number of fused-ring (bicyclic) bond motifs is 6. The van der Waals surface area contributed by atoms with Crippen LogP contribution < -0.4 is 0 Å². The van der Waals surface area contributed by atoms with Crippen LogP contribution in [0.25, 0.3) is 22.3 Å². The second-order valence-electron chi connectivity index (χ2n) is 18.5. The molecule has 60 heavy (non-hydrogen) atoms. The highest BCUT2D eigenvalue weighted by molar-refractivity contribution is 5.98. The van der Waals surface area contributed by atoms with E-state index >= 15 is 0 Å². The summed E-state index contributed by atoms with van der Waals surface area (Å²) in [7, 11) is 0. The van der Waals surface area contributed by atoms with E-state index in [1.807, 2.05) is 0 Å². The number of hydrogen-bond donors (Lipinski definition) is 0. The largest absolute Gasteiger partial charge is 0.0587 e. The molecule has 0 aromatic heterocycles. The lowest BCUT2D eigenvalue weighted by atomic mass is 9.85. The molecule has 298 valence electrons. The molecular weight excluding hydrogens is 721 g/mol. The summed E-state index contributed by atoms with van der Waals surface area (Å²) in [5.41, 5.74) is 26.4. The summed E-state index contributed by atoms with van der Waals surface area (Å²) in [5, 5.41) is 0. The molecule has 4 aromatic rings. The van der Waals surface area contributed by atoms with E-state index in [1.165, 1.54) is 111 Å². The lowest BCUT2D eigenvalue weighted by Crippen LogP contribution is -1.98. The molecular formula is C60H58. The Morgan fingerprint density at radius 2 is 0.617 bits per heavy atom. The van der Waals surface area contributed by atoms with Crippen molar-refractivity contribution in [2.24, 2.45) is 0 Å². The van der Waals surface area contributed by atoms with Gasteiger partial charge in [0, 0.05) is 0 Å². The van der Waals surface area contributed by atoms with Crippen LogP contribution in [0.5, 0.6) is 0 Å². The van der Waals surface area contributed by atoms with E-state index in [-0.39, 0.29) is 0 Å². The van der Waals surface area contributed by atoms with E-state index in [2.05, 4.69) is 213 Å². The van der Waals surface area contributed by atoms with Gasteiger partial charge in [0.1, 0.15) is 0 Å². The minimum atomic E-state index is 0.480. The van der Waals surface area contributed by atoms with E-state index < -0.39 is 0 Å². The predicted octanol–water partition coefficient (Wildman–Crippen LogP) is 16.5. The van der Waals surface area contributed by atoms with Gasteiger partial charge >= 0.3 is 0 Å². The number of rotatable bonds is 8. The Hall–Kier alpha value is -5.98. The molecule has 0 atom stereocenters. The highest BCUT2D eigenvalue weighted by Crippen LogP contribution is 2.47. The first-order valence-electron chi connectivity index (χ1n) is 22.3. The van der Waals surface area contributed by atoms with Gasteiger partial charge in [-0.15, -0.1) is 0 Å². The summed E-state index contributed by atoms with van der Waals surface area (Å²) in [6.07, 6.45) is 25.7. The van der Waals surface area contributed by atoms with Crippen molar-refractivity contribution in [1.82, 2.24) is 0 Å². The fourth-order valence-corrected chi connectivity index (χ4v) is 9.53. The van der Waals surface area contributed by atoms with Crippen molar-refractivity contribution in [3.63, 3.8) is 0 Å². The van der Waals surface area contributed by atoms with Crippen molar-refractivity contribution in [2.45, 2.75) is 91.9 Å². The van der Waals surface area contributed by atoms with E-state index in [0.29, 0.717) is 23.7 Å². The zero-order chi connectivity index (χ0) is 41.7. The molecule has 0 heteroatoms. The van der Waals surface area contributed by atoms with Crippen LogP contribution in [0.4, 0.5) is 0 Å². The van der Waals surface area contributed by atoms with Crippen molar-refractivity contribution in [3.8, 4) is 0 Å². The minimum absolute atomic E-state index is 0.480. The van der Waals surface area contributed by atoms with Crippen LogP contribution in [0, 0.1) is 0 Å². The summed E-state index contributed by atoms with van der Waals surface area (Å²) in [6.45, 7) is 18.2. The second-order valence-corrected chi connectivity index (χ2v) is 18.5. The van der Waals surface area contributed by atoms with Gasteiger partial charge < -0.3 is 0 Å². The molecule has 0 spiro atoms. The maximum absolute atomic E-state index is 2.47. The number of benzene rings is 4. The van der Waals surface area contributed by atoms with Crippen LogP contribution in [-0.4, -0.2) is 0 Å². The van der Waals surface area contributed by atoms with Gasteiger partial charge in [0.15, 0.2) is 0 Å². The molecule has 0 nitrogen and oxygen atoms in total. The van der Waals surface area contributed by atoms with Crippen molar-refractivity contribution >= 4 is 22.3 Å². The van der Waals surface area contributed by atoms with E-state index in [9.17, 15) is 0 Å². The summed E-state index contributed by atoms with van der Waals surface area (Å²) in [5.74, 6) is 1.92. The average molecular weight is 779 g/mol. The molecule has 9 rings (SSSR count). The first-order chi connectivity index (χ1) is 29.0. The average Bonchev–Trinajstić information content (AvgIpc) is 4.10. The topological polar surface area (TPSA) is 0 Å². The van der Waals surface area contributed by atoms with Crippen molar-refractivity contribution in [2.75, 3.05) is 0 Å². The van der Waals surface area contributed by atoms with Gasteiger partial charge in [-0.25, -0.2) is 0 Å². The third-order valence-corrected chi connectivity index (χ3v) is 13.1. The molecule has 8 bridgehead atoms. The van der Waals surface area contributed by atoms with Gasteiger partial charge in [-0.3, -0.25) is 0 Å². The van der Waals surface area contributed by atoms with Crippen LogP contribution in [0.1, 0.15) is 136 Å². The summed E-state index contributed by atoms with van der Waals surface area (Å²) in [6, 6.07) is 37.4. The van der Waals surface area contributed by atoms with Crippen molar-refractivity contribution in [1.29, 1.82) is 0 Å². The predicted molar refractivity (Wildman–Crippen MR) is 259 cm³/mol. The highest BCUT2D eigenvalue weighted by Gasteiger charge is 2.27. The smallest absolute Gasteiger partial charge is 0.00130 e. The van der Waals surface area contributed by atoms with Crippen molar-refractivity contribution in [3.05, 3.63) is 247 Å². The summed E-state index contributed by atoms with van der Waals surface area (Å²) >= 11 is 0. The molecule has 0 N–H and O–H groups in total. The molecule has 0 aliphatic heterocycles. The van der Waals surface area contributed by atoms with Crippen LogP contribution in [0.3, 0.4) is 0 Å². The maximum Gasteiger partial charge on any atom is -0.00130 e. The second kappa shape index (κ2) is 16.2. The fourth-order valence-electron chi connectivity index (χ4n) is 9.53. The van der Waals surface area contributed by atoms with Gasteiger partial charge in [0.05, 0.1) is 0 Å². The zero-order valence-corrected chi connectivity index (χ0v) is 36.7. The molecule has 0 fully saturated rings. The molecule has 0 saturated heterocycles. The molecule has 0 radical (unpaired) electrons. The monoisotopic (exact) mass is 778 g/mol. The third-order valence-electron chi connectivity index (χ3n) is 13.1. The van der Waals surface area contributed by atoms with Gasteiger partial charge in [0.25, 0.3) is 0 Å². The standard InChI is InChI=1S/C60H58/c1-37(2)41-9-17-45(18-10-41)57-49-25-27-51(33-49)58(46-19-11-42(12-20-46)38(3)4)53-29-31-55(35-53)60(48-23-15-44(16-24-48)40(7)8)56-32-30-54(36-56)59(52-28-26-50(57)34-52)47-21-13-43(14-22-47)39(5)6/h9-33,36-40H,34-35H2,1-8H3. The summed E-state index contributed by atoms with van der Waals surface area (Å²) < 4.78 is 0. The normalized spacial score (nSPS) is 17.4. The van der Waals surface area contributed by atoms with E-state index in [1.54, 1.807) is 0 Å². The molecule has 0 saturated carbocycles. The zero-order valence-electron chi connectivity index (χ0n) is 36.7. The minimum Gasteiger partial charge on any atom is -0.0587 e. The Balaban J connectivity index is 1.30. The molecule has 0 heterocycles. The van der Waals surface area contributed by atoms with Gasteiger partial charge in [-0.1, -0.05) is 201 Å². The summed E-state index contributed by atoms with van der Waals surface area (Å²) in [4.78, 5) is 0. The lowest BCUT2D eigenvalue weighted by Gasteiger charge is -2.18. The van der Waals surface area contributed by atoms with Gasteiger partial charge in [-0.05, 0) is 160 Å². The lowest BCUT2D eigenvalue weighted by molar-refractivity contribution is 0.866. The highest BCUT2D eigenvalue weighted by atomic mass is 14.3. The number of allylic oxidation sites excluding steroid dienone is 22. The molecule has 5 aliphatic carbocycles. The SMILES string of the molecule is CC(C)c1ccc(C2=C3C=CC(=C3)C(c3ccc(C(C)C)cc3)=C3C=CC(=C(c4ccc(C(C)C)cc4)C4=CC(=C(c5ccc(C(C)C)cc5)C5=CC=C2C5)C=C4)C3)cc1. The number of hydrogen-bond acceptors (Lipinski definition) is 0. The van der Waals surface area contributed by atoms with Crippen LogP contribution in [-0.2, 0) is 0 Å². The molecule has 4 aromatic carbocycles. The Morgan fingerprint density at radius 3 is 0.917 bits per heavy atom. The Morgan fingerprint density at radius 1 is 0.317 bits per heavy atom. The van der Waals surface area contributed by atoms with Gasteiger partial charge in [0.2, 0.25) is 0 Å². The van der Waals surface area contributed by atoms with E-state index in [4.69, 9.17) is 0 Å². The fraction of sp³-hybridized carbons (Fsp3) is 0.233. The van der Waals surface area contributed by atoms with Gasteiger partial charge in [-0.2, -0.15) is 0 Å². The molecule has 0 unspecified atom stereocenters. The van der Waals surface area contributed by atoms with Crippen molar-refractivity contribution < 1.29 is 0 Å². The van der Waals surface area contributed by atoms with E-state index in [0.717, 1.165) is 12.8 Å². The quantitative estimate of drug-likeness (QED) is 0.167. The molecule has 0 amide bonds. The first kappa shape index (κ1) is 39.5. The Bertz CT molecular complexity index is 2510. The molecule has 5 aliphatic rings. The van der Waals surface area contributed by atoms with Crippen LogP contribution >= 0.6 is 0 Å².